The molecule has 6 nitrogen and oxygen atoms in total. The molecular formula is C11H22N2O4S. The molecule has 0 aromatic rings. The van der Waals surface area contributed by atoms with Gasteiger partial charge in [0.05, 0.1) is 19.3 Å². The first-order valence-electron chi connectivity index (χ1n) is 6.50. The van der Waals surface area contributed by atoms with E-state index in [4.69, 9.17) is 4.74 Å². The Morgan fingerprint density at radius 2 is 2.17 bits per heavy atom. The van der Waals surface area contributed by atoms with Gasteiger partial charge in [0.1, 0.15) is 0 Å². The topological polar surface area (TPSA) is 70.1 Å². The van der Waals surface area contributed by atoms with Crippen molar-refractivity contribution in [3.05, 3.63) is 0 Å². The van der Waals surface area contributed by atoms with Crippen LogP contribution >= 0.6 is 0 Å². The van der Waals surface area contributed by atoms with Crippen LogP contribution in [0.2, 0.25) is 0 Å². The van der Waals surface area contributed by atoms with Crippen LogP contribution in [0.5, 0.6) is 0 Å². The third kappa shape index (κ3) is 2.70. The minimum Gasteiger partial charge on any atom is -0.395 e. The standard InChI is InChI=1S/C11H22N2O4S/c1-12(11-5-7-17-9-11)18(15,16)13-6-3-2-4-10(13)8-14/h10-11,14H,2-9H2,1H3. The maximum atomic E-state index is 12.5. The lowest BCUT2D eigenvalue weighted by Crippen LogP contribution is -2.53. The van der Waals surface area contributed by atoms with E-state index < -0.39 is 10.2 Å². The molecule has 106 valence electrons. The Hall–Kier alpha value is -0.210. The van der Waals surface area contributed by atoms with Crippen molar-refractivity contribution in [2.45, 2.75) is 37.8 Å². The van der Waals surface area contributed by atoms with Crippen molar-refractivity contribution in [1.82, 2.24) is 8.61 Å². The number of rotatable bonds is 4. The van der Waals surface area contributed by atoms with E-state index in [9.17, 15) is 13.5 Å². The van der Waals surface area contributed by atoms with Gasteiger partial charge >= 0.3 is 0 Å². The Morgan fingerprint density at radius 1 is 1.39 bits per heavy atom. The van der Waals surface area contributed by atoms with Gasteiger partial charge in [-0.25, -0.2) is 0 Å². The molecule has 2 saturated heterocycles. The lowest BCUT2D eigenvalue weighted by Gasteiger charge is -2.37. The Morgan fingerprint density at radius 3 is 2.78 bits per heavy atom. The van der Waals surface area contributed by atoms with Gasteiger partial charge in [0.2, 0.25) is 0 Å². The highest BCUT2D eigenvalue weighted by molar-refractivity contribution is 7.86. The molecule has 2 aliphatic rings. The van der Waals surface area contributed by atoms with Crippen LogP contribution in [0.4, 0.5) is 0 Å². The second kappa shape index (κ2) is 5.83. The molecule has 0 bridgehead atoms. The van der Waals surface area contributed by atoms with Crippen LogP contribution in [0.1, 0.15) is 25.7 Å². The smallest absolute Gasteiger partial charge is 0.282 e. The average Bonchev–Trinajstić information content (AvgIpc) is 2.91. The van der Waals surface area contributed by atoms with Crippen LogP contribution < -0.4 is 0 Å². The molecule has 18 heavy (non-hydrogen) atoms. The molecule has 2 fully saturated rings. The van der Waals surface area contributed by atoms with Crippen LogP contribution in [0, 0.1) is 0 Å². The number of ether oxygens (including phenoxy) is 1. The highest BCUT2D eigenvalue weighted by atomic mass is 32.2. The predicted octanol–water partition coefficient (Wildman–Crippen LogP) is -0.201. The largest absolute Gasteiger partial charge is 0.395 e. The molecule has 2 heterocycles. The fourth-order valence-corrected chi connectivity index (χ4v) is 4.41. The lowest BCUT2D eigenvalue weighted by atomic mass is 10.1. The number of nitrogens with zero attached hydrogens (tertiary/aromatic N) is 2. The number of likely N-dealkylation sites (N-methyl/N-ethyl adjacent to an activating group) is 1. The van der Waals surface area contributed by atoms with E-state index in [0.717, 1.165) is 25.7 Å². The molecule has 1 N–H and O–H groups in total. The third-order valence-electron chi connectivity index (χ3n) is 3.86. The van der Waals surface area contributed by atoms with E-state index in [1.807, 2.05) is 0 Å². The van der Waals surface area contributed by atoms with E-state index in [-0.39, 0.29) is 18.7 Å². The number of hydrogen-bond acceptors (Lipinski definition) is 4. The molecular weight excluding hydrogens is 256 g/mol. The Balaban J connectivity index is 2.12. The van der Waals surface area contributed by atoms with Crippen LogP contribution in [-0.4, -0.2) is 67.6 Å². The summed E-state index contributed by atoms with van der Waals surface area (Å²) in [6.07, 6.45) is 3.33. The maximum Gasteiger partial charge on any atom is 0.282 e. The summed E-state index contributed by atoms with van der Waals surface area (Å²) in [5.74, 6) is 0. The summed E-state index contributed by atoms with van der Waals surface area (Å²) >= 11 is 0. The first kappa shape index (κ1) is 14.2. The maximum absolute atomic E-state index is 12.5. The molecule has 2 atom stereocenters. The molecule has 2 rings (SSSR count). The molecule has 7 heteroatoms. The monoisotopic (exact) mass is 278 g/mol. The predicted molar refractivity (Wildman–Crippen MR) is 67.3 cm³/mol. The first-order chi connectivity index (χ1) is 8.57. The lowest BCUT2D eigenvalue weighted by molar-refractivity contribution is 0.143. The summed E-state index contributed by atoms with van der Waals surface area (Å²) in [5, 5.41) is 9.32. The molecule has 2 unspecified atom stereocenters. The summed E-state index contributed by atoms with van der Waals surface area (Å²) in [6.45, 7) is 1.49. The average molecular weight is 278 g/mol. The minimum atomic E-state index is -3.48. The molecule has 0 radical (unpaired) electrons. The van der Waals surface area contributed by atoms with Crippen molar-refractivity contribution in [2.24, 2.45) is 0 Å². The number of aliphatic hydroxyl groups is 1. The molecule has 0 amide bonds. The van der Waals surface area contributed by atoms with E-state index >= 15 is 0 Å². The molecule has 0 saturated carbocycles. The number of piperidine rings is 1. The SMILES string of the molecule is CN(C1CCOC1)S(=O)(=O)N1CCCCC1CO. The van der Waals surface area contributed by atoms with E-state index in [2.05, 4.69) is 0 Å². The summed E-state index contributed by atoms with van der Waals surface area (Å²) in [5.41, 5.74) is 0. The fraction of sp³-hybridized carbons (Fsp3) is 1.00. The van der Waals surface area contributed by atoms with E-state index in [0.29, 0.717) is 19.8 Å². The van der Waals surface area contributed by atoms with Gasteiger partial charge in [-0.1, -0.05) is 6.42 Å². The third-order valence-corrected chi connectivity index (χ3v) is 5.96. The summed E-state index contributed by atoms with van der Waals surface area (Å²) in [7, 11) is -1.87. The van der Waals surface area contributed by atoms with Crippen LogP contribution in [0.3, 0.4) is 0 Å². The zero-order valence-corrected chi connectivity index (χ0v) is 11.6. The van der Waals surface area contributed by atoms with Gasteiger partial charge in [0.15, 0.2) is 0 Å². The quantitative estimate of drug-likeness (QED) is 0.773. The molecule has 0 aliphatic carbocycles. The molecule has 0 spiro atoms. The first-order valence-corrected chi connectivity index (χ1v) is 7.90. The summed E-state index contributed by atoms with van der Waals surface area (Å²) in [6, 6.07) is -0.343. The molecule has 0 aromatic heterocycles. The van der Waals surface area contributed by atoms with Gasteiger partial charge in [-0.3, -0.25) is 0 Å². The van der Waals surface area contributed by atoms with Gasteiger partial charge in [-0.05, 0) is 19.3 Å². The normalized spacial score (nSPS) is 31.1. The van der Waals surface area contributed by atoms with Crippen molar-refractivity contribution >= 4 is 10.2 Å². The fourth-order valence-electron chi connectivity index (χ4n) is 2.62. The van der Waals surface area contributed by atoms with Gasteiger partial charge in [-0.15, -0.1) is 0 Å². The van der Waals surface area contributed by atoms with Crippen molar-refractivity contribution < 1.29 is 18.3 Å². The van der Waals surface area contributed by atoms with Crippen molar-refractivity contribution in [2.75, 3.05) is 33.4 Å². The van der Waals surface area contributed by atoms with Gasteiger partial charge < -0.3 is 9.84 Å². The minimum absolute atomic E-state index is 0.0729. The van der Waals surface area contributed by atoms with E-state index in [1.54, 1.807) is 7.05 Å². The number of aliphatic hydroxyl groups excluding tert-OH is 1. The Labute approximate surface area is 109 Å². The summed E-state index contributed by atoms with van der Waals surface area (Å²) in [4.78, 5) is 0. The Bertz CT molecular complexity index is 367. The zero-order valence-electron chi connectivity index (χ0n) is 10.8. The highest BCUT2D eigenvalue weighted by Crippen LogP contribution is 2.24. The van der Waals surface area contributed by atoms with Gasteiger partial charge in [-0.2, -0.15) is 17.0 Å². The van der Waals surface area contributed by atoms with Crippen LogP contribution in [0.25, 0.3) is 0 Å². The van der Waals surface area contributed by atoms with Crippen molar-refractivity contribution in [3.8, 4) is 0 Å². The second-order valence-electron chi connectivity index (χ2n) is 4.98. The van der Waals surface area contributed by atoms with Crippen molar-refractivity contribution in [1.29, 1.82) is 0 Å². The molecule has 0 aromatic carbocycles. The van der Waals surface area contributed by atoms with Crippen LogP contribution in [-0.2, 0) is 14.9 Å². The molecule has 2 aliphatic heterocycles. The van der Waals surface area contributed by atoms with Crippen molar-refractivity contribution in [3.63, 3.8) is 0 Å². The van der Waals surface area contributed by atoms with Crippen LogP contribution in [0.15, 0.2) is 0 Å². The number of hydrogen-bond donors (Lipinski definition) is 1. The zero-order chi connectivity index (χ0) is 13.2. The van der Waals surface area contributed by atoms with E-state index in [1.165, 1.54) is 8.61 Å². The highest BCUT2D eigenvalue weighted by Gasteiger charge is 2.38. The summed E-state index contributed by atoms with van der Waals surface area (Å²) < 4.78 is 33.2. The second-order valence-corrected chi connectivity index (χ2v) is 6.92. The van der Waals surface area contributed by atoms with Gasteiger partial charge in [0, 0.05) is 26.2 Å². The Kier molecular flexibility index (Phi) is 4.60. The van der Waals surface area contributed by atoms with Gasteiger partial charge in [0.25, 0.3) is 10.2 Å².